The molecular weight excluding hydrogens is 453 g/mol. The molecule has 2 aromatic carbocycles. The van der Waals surface area contributed by atoms with Crippen molar-refractivity contribution in [3.8, 4) is 0 Å². The number of carbonyl (C=O) groups is 1. The lowest BCUT2D eigenvalue weighted by Crippen LogP contribution is -2.13. The van der Waals surface area contributed by atoms with E-state index in [2.05, 4.69) is 43.2 Å². The van der Waals surface area contributed by atoms with Crippen LogP contribution in [0.15, 0.2) is 54.6 Å². The van der Waals surface area contributed by atoms with E-state index >= 15 is 0 Å². The normalized spacial score (nSPS) is 10.4. The third kappa shape index (κ3) is 4.94. The summed E-state index contributed by atoms with van der Waals surface area (Å²) < 4.78 is 0.916. The van der Waals surface area contributed by atoms with Crippen molar-refractivity contribution in [1.29, 1.82) is 0 Å². The van der Waals surface area contributed by atoms with Crippen molar-refractivity contribution < 1.29 is 4.79 Å². The van der Waals surface area contributed by atoms with Gasteiger partial charge in [-0.05, 0) is 65.9 Å². The van der Waals surface area contributed by atoms with Gasteiger partial charge in [0.05, 0.1) is 5.56 Å². The first-order valence-corrected chi connectivity index (χ1v) is 9.46. The number of rotatable bonds is 5. The molecule has 2 N–H and O–H groups in total. The third-order valence-electron chi connectivity index (χ3n) is 3.82. The predicted octanol–water partition coefficient (Wildman–Crippen LogP) is 4.45. The first kappa shape index (κ1) is 19.1. The number of nitrogens with one attached hydrogen (secondary N) is 2. The van der Waals surface area contributed by atoms with E-state index in [1.54, 1.807) is 0 Å². The second-order valence-corrected chi connectivity index (χ2v) is 7.38. The van der Waals surface area contributed by atoms with Crippen molar-refractivity contribution in [3.05, 3.63) is 69.4 Å². The molecule has 138 valence electrons. The zero-order chi connectivity index (χ0) is 19.4. The summed E-state index contributed by atoms with van der Waals surface area (Å²) in [6.45, 7) is 1.93. The summed E-state index contributed by atoms with van der Waals surface area (Å²) in [5.41, 5.74) is 3.11. The number of hydrogen-bond acceptors (Lipinski definition) is 5. The molecular formula is C20H20IN5O. The van der Waals surface area contributed by atoms with Crippen LogP contribution in [0, 0.1) is 10.5 Å². The van der Waals surface area contributed by atoms with Gasteiger partial charge in [-0.1, -0.05) is 12.1 Å². The summed E-state index contributed by atoms with van der Waals surface area (Å²) >= 11 is 2.16. The lowest BCUT2D eigenvalue weighted by molar-refractivity contribution is 0.102. The van der Waals surface area contributed by atoms with Gasteiger partial charge in [-0.3, -0.25) is 4.79 Å². The van der Waals surface area contributed by atoms with Crippen LogP contribution in [-0.2, 0) is 0 Å². The molecule has 1 amide bonds. The molecule has 7 heteroatoms. The fourth-order valence-corrected chi connectivity index (χ4v) is 3.08. The van der Waals surface area contributed by atoms with E-state index in [4.69, 9.17) is 0 Å². The van der Waals surface area contributed by atoms with Gasteiger partial charge in [0.2, 0.25) is 5.95 Å². The van der Waals surface area contributed by atoms with Crippen molar-refractivity contribution in [3.63, 3.8) is 0 Å². The number of amides is 1. The Hall–Kier alpha value is -2.68. The summed E-state index contributed by atoms with van der Waals surface area (Å²) in [4.78, 5) is 23.2. The SMILES string of the molecule is Cc1cc(N(C)C)nc(Nc2ccc(NC(=O)c3ccccc3I)cc2)n1. The maximum absolute atomic E-state index is 12.4. The minimum Gasteiger partial charge on any atom is -0.363 e. The van der Waals surface area contributed by atoms with E-state index in [0.717, 1.165) is 26.5 Å². The van der Waals surface area contributed by atoms with Crippen LogP contribution in [0.3, 0.4) is 0 Å². The maximum Gasteiger partial charge on any atom is 0.256 e. The van der Waals surface area contributed by atoms with Gasteiger partial charge in [-0.25, -0.2) is 4.98 Å². The minimum absolute atomic E-state index is 0.127. The minimum atomic E-state index is -0.127. The van der Waals surface area contributed by atoms with Crippen LogP contribution in [0.4, 0.5) is 23.1 Å². The molecule has 0 aliphatic heterocycles. The van der Waals surface area contributed by atoms with Crippen LogP contribution >= 0.6 is 22.6 Å². The second kappa shape index (κ2) is 8.34. The Balaban J connectivity index is 1.71. The fourth-order valence-electron chi connectivity index (χ4n) is 2.45. The molecule has 0 saturated heterocycles. The molecule has 0 bridgehead atoms. The number of nitrogens with zero attached hydrogens (tertiary/aromatic N) is 3. The Kier molecular flexibility index (Phi) is 5.90. The molecule has 0 aliphatic rings. The van der Waals surface area contributed by atoms with Crippen molar-refractivity contribution in [1.82, 2.24) is 9.97 Å². The van der Waals surface area contributed by atoms with E-state index in [-0.39, 0.29) is 5.91 Å². The highest BCUT2D eigenvalue weighted by atomic mass is 127. The molecule has 1 heterocycles. The number of halogens is 1. The molecule has 0 saturated carbocycles. The van der Waals surface area contributed by atoms with Gasteiger partial charge in [0.25, 0.3) is 5.91 Å². The molecule has 3 rings (SSSR count). The van der Waals surface area contributed by atoms with Crippen LogP contribution in [0.1, 0.15) is 16.1 Å². The molecule has 0 fully saturated rings. The summed E-state index contributed by atoms with van der Waals surface area (Å²) in [5.74, 6) is 1.25. The molecule has 0 radical (unpaired) electrons. The molecule has 0 spiro atoms. The Bertz CT molecular complexity index is 957. The summed E-state index contributed by atoms with van der Waals surface area (Å²) in [5, 5.41) is 6.11. The monoisotopic (exact) mass is 473 g/mol. The van der Waals surface area contributed by atoms with Crippen LogP contribution in [-0.4, -0.2) is 30.0 Å². The smallest absolute Gasteiger partial charge is 0.256 e. The molecule has 0 atom stereocenters. The van der Waals surface area contributed by atoms with Crippen molar-refractivity contribution >= 4 is 51.6 Å². The van der Waals surface area contributed by atoms with Crippen LogP contribution in [0.25, 0.3) is 0 Å². The quantitative estimate of drug-likeness (QED) is 0.536. The van der Waals surface area contributed by atoms with Crippen molar-refractivity contribution in [2.45, 2.75) is 6.92 Å². The van der Waals surface area contributed by atoms with Crippen molar-refractivity contribution in [2.75, 3.05) is 29.6 Å². The predicted molar refractivity (Wildman–Crippen MR) is 118 cm³/mol. The summed E-state index contributed by atoms with van der Waals surface area (Å²) in [6.07, 6.45) is 0. The maximum atomic E-state index is 12.4. The van der Waals surface area contributed by atoms with Gasteiger partial charge < -0.3 is 15.5 Å². The summed E-state index contributed by atoms with van der Waals surface area (Å²) in [7, 11) is 3.88. The Morgan fingerprint density at radius 2 is 1.67 bits per heavy atom. The van der Waals surface area contributed by atoms with Gasteiger partial charge in [-0.15, -0.1) is 0 Å². The average Bonchev–Trinajstić information content (AvgIpc) is 2.63. The Labute approximate surface area is 172 Å². The third-order valence-corrected chi connectivity index (χ3v) is 4.76. The Morgan fingerprint density at radius 1 is 1.00 bits per heavy atom. The van der Waals surface area contributed by atoms with Crippen LogP contribution in [0.5, 0.6) is 0 Å². The van der Waals surface area contributed by atoms with Gasteiger partial charge >= 0.3 is 0 Å². The fraction of sp³-hybridized carbons (Fsp3) is 0.150. The van der Waals surface area contributed by atoms with E-state index in [1.165, 1.54) is 0 Å². The van der Waals surface area contributed by atoms with Crippen molar-refractivity contribution in [2.24, 2.45) is 0 Å². The standard InChI is InChI=1S/C20H20IN5O/c1-13-12-18(26(2)3)25-20(22-13)24-15-10-8-14(9-11-15)23-19(27)16-6-4-5-7-17(16)21/h4-12H,1-3H3,(H,23,27)(H,22,24,25). The highest BCUT2D eigenvalue weighted by Gasteiger charge is 2.09. The zero-order valence-electron chi connectivity index (χ0n) is 15.3. The van der Waals surface area contributed by atoms with E-state index in [0.29, 0.717) is 11.5 Å². The molecule has 6 nitrogen and oxygen atoms in total. The first-order chi connectivity index (χ1) is 12.9. The Morgan fingerprint density at radius 3 is 2.33 bits per heavy atom. The lowest BCUT2D eigenvalue weighted by atomic mass is 10.2. The molecule has 1 aromatic heterocycles. The largest absolute Gasteiger partial charge is 0.363 e. The highest BCUT2D eigenvalue weighted by molar-refractivity contribution is 14.1. The average molecular weight is 473 g/mol. The van der Waals surface area contributed by atoms with Gasteiger partial charge in [0.15, 0.2) is 0 Å². The number of hydrogen-bond donors (Lipinski definition) is 2. The number of carbonyl (C=O) groups excluding carboxylic acids is 1. The van der Waals surface area contributed by atoms with Crippen LogP contribution < -0.4 is 15.5 Å². The van der Waals surface area contributed by atoms with Gasteiger partial charge in [-0.2, -0.15) is 4.98 Å². The topological polar surface area (TPSA) is 70.2 Å². The van der Waals surface area contributed by atoms with E-state index in [1.807, 2.05) is 80.5 Å². The molecule has 0 aliphatic carbocycles. The number of aryl methyl sites for hydroxylation is 1. The molecule has 3 aromatic rings. The summed E-state index contributed by atoms with van der Waals surface area (Å²) in [6, 6.07) is 16.9. The van der Waals surface area contributed by atoms with E-state index in [9.17, 15) is 4.79 Å². The van der Waals surface area contributed by atoms with Gasteiger partial charge in [0, 0.05) is 40.8 Å². The number of benzene rings is 2. The molecule has 0 unspecified atom stereocenters. The van der Waals surface area contributed by atoms with Gasteiger partial charge in [0.1, 0.15) is 5.82 Å². The number of aromatic nitrogens is 2. The first-order valence-electron chi connectivity index (χ1n) is 8.38. The van der Waals surface area contributed by atoms with E-state index < -0.39 is 0 Å². The van der Waals surface area contributed by atoms with Crippen LogP contribution in [0.2, 0.25) is 0 Å². The number of anilines is 4. The second-order valence-electron chi connectivity index (χ2n) is 6.22. The molecule has 27 heavy (non-hydrogen) atoms. The zero-order valence-corrected chi connectivity index (χ0v) is 17.5. The highest BCUT2D eigenvalue weighted by Crippen LogP contribution is 2.20. The lowest BCUT2D eigenvalue weighted by Gasteiger charge is -2.14.